The Balaban J connectivity index is 1.49. The molecule has 2 heteroatoms. The summed E-state index contributed by atoms with van der Waals surface area (Å²) in [6.07, 6.45) is 5.03. The molecule has 2 heterocycles. The van der Waals surface area contributed by atoms with E-state index in [-0.39, 0.29) is 0 Å². The second kappa shape index (κ2) is 6.21. The van der Waals surface area contributed by atoms with Gasteiger partial charge in [-0.15, -0.1) is 0 Å². The smallest absolute Gasteiger partial charge is 0.0980 e. The van der Waals surface area contributed by atoms with Crippen molar-refractivity contribution in [3.8, 4) is 11.1 Å². The van der Waals surface area contributed by atoms with Gasteiger partial charge in [0.15, 0.2) is 0 Å². The van der Waals surface area contributed by atoms with Gasteiger partial charge in [-0.1, -0.05) is 55.5 Å². The molecule has 4 rings (SSSR count). The normalized spacial score (nSPS) is 22.5. The first-order chi connectivity index (χ1) is 11.3. The molecule has 0 N–H and O–H groups in total. The molecule has 2 unspecified atom stereocenters. The third-order valence-corrected chi connectivity index (χ3v) is 5.19. The lowest BCUT2D eigenvalue weighted by Gasteiger charge is -2.37. The predicted octanol–water partition coefficient (Wildman–Crippen LogP) is 5.01. The van der Waals surface area contributed by atoms with Gasteiger partial charge in [-0.05, 0) is 41.5 Å². The molecule has 1 saturated heterocycles. The van der Waals surface area contributed by atoms with Gasteiger partial charge in [-0.2, -0.15) is 0 Å². The van der Waals surface area contributed by atoms with E-state index in [9.17, 15) is 0 Å². The lowest BCUT2D eigenvalue weighted by molar-refractivity contribution is 0.155. The third-order valence-electron chi connectivity index (χ3n) is 5.19. The van der Waals surface area contributed by atoms with Crippen molar-refractivity contribution in [3.05, 3.63) is 72.2 Å². The number of hydrogen-bond acceptors (Lipinski definition) is 2. The van der Waals surface area contributed by atoms with Gasteiger partial charge in [-0.25, -0.2) is 0 Å². The van der Waals surface area contributed by atoms with Gasteiger partial charge >= 0.3 is 0 Å². The number of rotatable bonds is 3. The molecule has 1 aromatic carbocycles. The molecule has 0 amide bonds. The van der Waals surface area contributed by atoms with Gasteiger partial charge < -0.3 is 4.42 Å². The number of nitrogens with zero attached hydrogens (tertiary/aromatic N) is 1. The Bertz CT molecular complexity index is 733. The van der Waals surface area contributed by atoms with Crippen LogP contribution >= 0.6 is 0 Å². The van der Waals surface area contributed by atoms with Crippen molar-refractivity contribution in [1.29, 1.82) is 0 Å². The van der Waals surface area contributed by atoms with Crippen molar-refractivity contribution in [2.45, 2.75) is 25.8 Å². The van der Waals surface area contributed by atoms with Crippen LogP contribution in [0, 0.1) is 5.92 Å². The maximum absolute atomic E-state index is 5.59. The van der Waals surface area contributed by atoms with Crippen LogP contribution in [0.3, 0.4) is 0 Å². The number of likely N-dealkylation sites (tertiary alicyclic amines) is 1. The Morgan fingerprint density at radius 1 is 1.04 bits per heavy atom. The van der Waals surface area contributed by atoms with Crippen LogP contribution in [-0.4, -0.2) is 18.0 Å². The highest BCUT2D eigenvalue weighted by Gasteiger charge is 2.29. The monoisotopic (exact) mass is 305 g/mol. The lowest BCUT2D eigenvalue weighted by atomic mass is 9.80. The maximum atomic E-state index is 5.59. The Labute approximate surface area is 138 Å². The van der Waals surface area contributed by atoms with E-state index in [1.54, 1.807) is 0 Å². The van der Waals surface area contributed by atoms with Crippen molar-refractivity contribution in [1.82, 2.24) is 4.90 Å². The third kappa shape index (κ3) is 2.91. The average Bonchev–Trinajstić information content (AvgIpc) is 3.05. The van der Waals surface area contributed by atoms with Crippen LogP contribution in [0.5, 0.6) is 0 Å². The van der Waals surface area contributed by atoms with Crippen molar-refractivity contribution in [3.63, 3.8) is 0 Å². The molecule has 1 fully saturated rings. The SMILES string of the molecule is CC1CN(Cc2ccccc2)CCC1c1cocc2cccc1-2. The molecule has 1 aliphatic carbocycles. The molecule has 118 valence electrons. The van der Waals surface area contributed by atoms with E-state index < -0.39 is 0 Å². The summed E-state index contributed by atoms with van der Waals surface area (Å²) in [5.41, 5.74) is 5.39. The highest BCUT2D eigenvalue weighted by atomic mass is 16.3. The second-order valence-corrected chi connectivity index (χ2v) is 6.82. The summed E-state index contributed by atoms with van der Waals surface area (Å²) in [5.74, 6) is 1.24. The van der Waals surface area contributed by atoms with Crippen LogP contribution in [0.2, 0.25) is 0 Å². The lowest BCUT2D eigenvalue weighted by Crippen LogP contribution is -2.38. The summed E-state index contributed by atoms with van der Waals surface area (Å²) in [6, 6.07) is 17.3. The first kappa shape index (κ1) is 14.5. The largest absolute Gasteiger partial charge is 0.472 e. The molecular weight excluding hydrogens is 282 g/mol. The summed E-state index contributed by atoms with van der Waals surface area (Å²) < 4.78 is 5.59. The standard InChI is InChI=1S/C21H23NO/c1-16-12-22(13-17-6-3-2-4-7-17)11-10-19(16)21-15-23-14-18-8-5-9-20(18)21/h2-9,14-16,19H,10-13H2,1H3. The van der Waals surface area contributed by atoms with Crippen LogP contribution in [0.25, 0.3) is 11.1 Å². The Morgan fingerprint density at radius 2 is 1.91 bits per heavy atom. The molecule has 2 atom stereocenters. The highest BCUT2D eigenvalue weighted by molar-refractivity contribution is 5.69. The van der Waals surface area contributed by atoms with Crippen LogP contribution < -0.4 is 0 Å². The van der Waals surface area contributed by atoms with Gasteiger partial charge in [0.05, 0.1) is 12.5 Å². The minimum absolute atomic E-state index is 0.594. The minimum Gasteiger partial charge on any atom is -0.472 e. The Hall–Kier alpha value is -2.06. The number of benzene rings is 1. The molecule has 0 saturated carbocycles. The second-order valence-electron chi connectivity index (χ2n) is 6.82. The van der Waals surface area contributed by atoms with Crippen molar-refractivity contribution in [2.75, 3.05) is 13.1 Å². The highest BCUT2D eigenvalue weighted by Crippen LogP contribution is 2.39. The van der Waals surface area contributed by atoms with E-state index in [1.807, 2.05) is 12.5 Å². The zero-order valence-electron chi connectivity index (χ0n) is 13.6. The van der Waals surface area contributed by atoms with Crippen LogP contribution in [0.4, 0.5) is 0 Å². The first-order valence-corrected chi connectivity index (χ1v) is 8.52. The van der Waals surface area contributed by atoms with Crippen LogP contribution in [-0.2, 0) is 6.54 Å². The summed E-state index contributed by atoms with van der Waals surface area (Å²) in [4.78, 5) is 2.58. The summed E-state index contributed by atoms with van der Waals surface area (Å²) >= 11 is 0. The number of fused-ring (bicyclic) bond motifs is 1. The van der Waals surface area contributed by atoms with E-state index in [2.05, 4.69) is 60.4 Å². The molecule has 2 nitrogen and oxygen atoms in total. The molecule has 2 aliphatic heterocycles. The molecule has 0 bridgehead atoms. The summed E-state index contributed by atoms with van der Waals surface area (Å²) in [7, 11) is 0. The van der Waals surface area contributed by atoms with Crippen molar-refractivity contribution < 1.29 is 4.42 Å². The van der Waals surface area contributed by atoms with E-state index >= 15 is 0 Å². The minimum atomic E-state index is 0.594. The fourth-order valence-corrected chi connectivity index (χ4v) is 4.01. The van der Waals surface area contributed by atoms with Gasteiger partial charge in [0, 0.05) is 18.7 Å². The number of hydrogen-bond donors (Lipinski definition) is 0. The van der Waals surface area contributed by atoms with Gasteiger partial charge in [0.2, 0.25) is 0 Å². The van der Waals surface area contributed by atoms with E-state index in [0.717, 1.165) is 19.6 Å². The zero-order valence-corrected chi connectivity index (χ0v) is 13.6. The van der Waals surface area contributed by atoms with Crippen molar-refractivity contribution >= 4 is 0 Å². The summed E-state index contributed by atoms with van der Waals surface area (Å²) in [5, 5.41) is 0. The predicted molar refractivity (Wildman–Crippen MR) is 93.6 cm³/mol. The molecule has 1 aromatic rings. The van der Waals surface area contributed by atoms with Gasteiger partial charge in [0.25, 0.3) is 0 Å². The van der Waals surface area contributed by atoms with E-state index in [4.69, 9.17) is 4.42 Å². The molecule has 23 heavy (non-hydrogen) atoms. The molecule has 3 aliphatic rings. The van der Waals surface area contributed by atoms with Gasteiger partial charge in [0.1, 0.15) is 0 Å². The quantitative estimate of drug-likeness (QED) is 0.676. The van der Waals surface area contributed by atoms with Crippen molar-refractivity contribution in [2.24, 2.45) is 5.92 Å². The summed E-state index contributed by atoms with van der Waals surface area (Å²) in [6.45, 7) is 5.74. The fourth-order valence-electron chi connectivity index (χ4n) is 4.01. The molecular formula is C21H23NO. The molecule has 0 radical (unpaired) electrons. The molecule has 0 spiro atoms. The Kier molecular flexibility index (Phi) is 3.92. The zero-order chi connectivity index (χ0) is 15.6. The number of piperidine rings is 1. The Morgan fingerprint density at radius 3 is 2.74 bits per heavy atom. The topological polar surface area (TPSA) is 16.4 Å². The van der Waals surface area contributed by atoms with Crippen LogP contribution in [0.1, 0.15) is 30.4 Å². The van der Waals surface area contributed by atoms with Gasteiger partial charge in [-0.3, -0.25) is 4.90 Å². The first-order valence-electron chi connectivity index (χ1n) is 8.52. The maximum Gasteiger partial charge on any atom is 0.0980 e. The average molecular weight is 305 g/mol. The molecule has 0 aromatic heterocycles. The van der Waals surface area contributed by atoms with E-state index in [1.165, 1.54) is 28.7 Å². The van der Waals surface area contributed by atoms with E-state index in [0.29, 0.717) is 11.8 Å². The van der Waals surface area contributed by atoms with Crippen LogP contribution in [0.15, 0.2) is 65.5 Å². The fraction of sp³-hybridized carbons (Fsp3) is 0.333.